The number of likely N-dealkylation sites (tertiary alicyclic amines) is 1. The summed E-state index contributed by atoms with van der Waals surface area (Å²) in [5.41, 5.74) is 0. The molecule has 0 bridgehead atoms. The fraction of sp³-hybridized carbons (Fsp3) is 0.737. The predicted molar refractivity (Wildman–Crippen MR) is 117 cm³/mol. The Morgan fingerprint density at radius 1 is 1.24 bits per heavy atom. The summed E-state index contributed by atoms with van der Waals surface area (Å²) in [4.78, 5) is 16.7. The van der Waals surface area contributed by atoms with Crippen LogP contribution < -0.4 is 5.32 Å². The van der Waals surface area contributed by atoms with E-state index >= 15 is 0 Å². The van der Waals surface area contributed by atoms with Crippen molar-refractivity contribution in [2.24, 2.45) is 0 Å². The highest BCUT2D eigenvalue weighted by atomic mass is 35.5. The molecule has 1 aromatic rings. The molecule has 1 aromatic heterocycles. The monoisotopic (exact) mass is 462 g/mol. The van der Waals surface area contributed by atoms with Crippen molar-refractivity contribution in [2.75, 3.05) is 52.4 Å². The van der Waals surface area contributed by atoms with Gasteiger partial charge in [0.1, 0.15) is 4.21 Å². The van der Waals surface area contributed by atoms with Crippen LogP contribution in [0.2, 0.25) is 4.34 Å². The highest BCUT2D eigenvalue weighted by Gasteiger charge is 2.29. The maximum atomic E-state index is 13.2. The lowest BCUT2D eigenvalue weighted by Gasteiger charge is -2.35. The molecule has 0 radical (unpaired) electrons. The second kappa shape index (κ2) is 10.5. The Kier molecular flexibility index (Phi) is 8.35. The Bertz CT molecular complexity index is 780. The number of piperidine rings is 1. The van der Waals surface area contributed by atoms with Crippen molar-refractivity contribution in [3.63, 3.8) is 0 Å². The third-order valence-electron chi connectivity index (χ3n) is 5.76. The largest absolute Gasteiger partial charge is 0.340 e. The van der Waals surface area contributed by atoms with Gasteiger partial charge in [-0.3, -0.25) is 9.69 Å². The first-order chi connectivity index (χ1) is 13.9. The van der Waals surface area contributed by atoms with Gasteiger partial charge in [0.15, 0.2) is 0 Å². The lowest BCUT2D eigenvalue weighted by atomic mass is 10.0. The smallest absolute Gasteiger partial charge is 0.252 e. The molecule has 3 heterocycles. The zero-order valence-electron chi connectivity index (χ0n) is 17.0. The average molecular weight is 463 g/mol. The topological polar surface area (TPSA) is 73.0 Å². The molecule has 2 aliphatic rings. The van der Waals surface area contributed by atoms with Gasteiger partial charge in [-0.1, -0.05) is 18.0 Å². The van der Waals surface area contributed by atoms with Crippen LogP contribution in [0.15, 0.2) is 16.3 Å². The van der Waals surface area contributed by atoms with E-state index in [1.807, 2.05) is 4.90 Å². The van der Waals surface area contributed by atoms with Gasteiger partial charge in [-0.25, -0.2) is 8.42 Å². The summed E-state index contributed by atoms with van der Waals surface area (Å²) in [6.07, 6.45) is 3.73. The number of piperazine rings is 1. The Morgan fingerprint density at radius 2 is 2.00 bits per heavy atom. The van der Waals surface area contributed by atoms with Crippen molar-refractivity contribution in [3.05, 3.63) is 16.5 Å². The van der Waals surface area contributed by atoms with E-state index in [0.29, 0.717) is 36.6 Å². The quantitative estimate of drug-likeness (QED) is 0.640. The molecular weight excluding hydrogens is 432 g/mol. The van der Waals surface area contributed by atoms with Gasteiger partial charge in [0.2, 0.25) is 5.91 Å². The number of thiophene rings is 1. The van der Waals surface area contributed by atoms with Crippen molar-refractivity contribution in [1.29, 1.82) is 0 Å². The van der Waals surface area contributed by atoms with Gasteiger partial charge in [0.05, 0.1) is 4.34 Å². The minimum Gasteiger partial charge on any atom is -0.340 e. The number of hydrogen-bond acceptors (Lipinski definition) is 6. The summed E-state index contributed by atoms with van der Waals surface area (Å²) < 4.78 is 28.6. The summed E-state index contributed by atoms with van der Waals surface area (Å²) in [6, 6.07) is 3.62. The first-order valence-corrected chi connectivity index (χ1v) is 13.0. The predicted octanol–water partition coefficient (Wildman–Crippen LogP) is 2.09. The summed E-state index contributed by atoms with van der Waals surface area (Å²) in [5, 5.41) is 3.23. The molecular formula is C19H31ClN4O3S2. The fourth-order valence-corrected chi connectivity index (χ4v) is 7.01. The molecule has 1 N–H and O–H groups in total. The van der Waals surface area contributed by atoms with Crippen LogP contribution in [-0.2, 0) is 14.8 Å². The molecule has 0 aliphatic carbocycles. The van der Waals surface area contributed by atoms with E-state index in [-0.39, 0.29) is 23.1 Å². The van der Waals surface area contributed by atoms with Crippen LogP contribution in [0.25, 0.3) is 0 Å². The van der Waals surface area contributed by atoms with Gasteiger partial charge >= 0.3 is 0 Å². The van der Waals surface area contributed by atoms with Crippen LogP contribution in [0.3, 0.4) is 0 Å². The van der Waals surface area contributed by atoms with E-state index in [2.05, 4.69) is 17.1 Å². The lowest BCUT2D eigenvalue weighted by molar-refractivity contribution is -0.131. The molecule has 0 saturated carbocycles. The van der Waals surface area contributed by atoms with Crippen molar-refractivity contribution in [3.8, 4) is 0 Å². The van der Waals surface area contributed by atoms with Gasteiger partial charge in [0.25, 0.3) is 10.0 Å². The van der Waals surface area contributed by atoms with E-state index in [0.717, 1.165) is 43.8 Å². The summed E-state index contributed by atoms with van der Waals surface area (Å²) >= 11 is 7.04. The van der Waals surface area contributed by atoms with Crippen LogP contribution in [0.4, 0.5) is 0 Å². The normalized spacial score (nSPS) is 21.6. The zero-order chi connectivity index (χ0) is 20.9. The number of halogens is 1. The van der Waals surface area contributed by atoms with Gasteiger partial charge < -0.3 is 10.2 Å². The Hall–Kier alpha value is -0.710. The minimum absolute atomic E-state index is 0.0160. The standard InChI is InChI=1S/C19H31ClN4O3S2/c1-16-4-2-3-10-22(16)14-15-24(29(26,27)19-6-5-17(20)28-19)11-7-18(25)23-12-8-21-9-13-23/h5-6,16,21H,2-4,7-15H2,1H3. The highest BCUT2D eigenvalue weighted by molar-refractivity contribution is 7.91. The van der Waals surface area contributed by atoms with Crippen molar-refractivity contribution in [2.45, 2.75) is 42.9 Å². The lowest BCUT2D eigenvalue weighted by Crippen LogP contribution is -2.48. The van der Waals surface area contributed by atoms with Gasteiger partial charge in [-0.05, 0) is 38.4 Å². The number of amides is 1. The molecule has 1 amide bonds. The molecule has 164 valence electrons. The van der Waals surface area contributed by atoms with Crippen molar-refractivity contribution in [1.82, 2.24) is 19.4 Å². The van der Waals surface area contributed by atoms with Crippen molar-refractivity contribution >= 4 is 38.9 Å². The molecule has 2 aliphatic heterocycles. The van der Waals surface area contributed by atoms with Crippen LogP contribution in [0.5, 0.6) is 0 Å². The zero-order valence-corrected chi connectivity index (χ0v) is 19.4. The van der Waals surface area contributed by atoms with E-state index in [9.17, 15) is 13.2 Å². The number of nitrogens with zero attached hydrogens (tertiary/aromatic N) is 3. The molecule has 7 nitrogen and oxygen atoms in total. The Morgan fingerprint density at radius 3 is 2.66 bits per heavy atom. The van der Waals surface area contributed by atoms with Crippen molar-refractivity contribution < 1.29 is 13.2 Å². The molecule has 1 atom stereocenters. The maximum absolute atomic E-state index is 13.2. The molecule has 1 unspecified atom stereocenters. The van der Waals surface area contributed by atoms with Crippen LogP contribution in [0.1, 0.15) is 32.6 Å². The van der Waals surface area contributed by atoms with Crippen LogP contribution >= 0.6 is 22.9 Å². The van der Waals surface area contributed by atoms with Crippen LogP contribution in [-0.4, -0.2) is 86.8 Å². The molecule has 0 spiro atoms. The fourth-order valence-electron chi connectivity index (χ4n) is 3.94. The van der Waals surface area contributed by atoms with E-state index in [4.69, 9.17) is 11.6 Å². The maximum Gasteiger partial charge on any atom is 0.252 e. The first-order valence-electron chi connectivity index (χ1n) is 10.4. The van der Waals surface area contributed by atoms with E-state index < -0.39 is 10.0 Å². The van der Waals surface area contributed by atoms with Gasteiger partial charge in [-0.2, -0.15) is 4.31 Å². The summed E-state index contributed by atoms with van der Waals surface area (Å²) in [6.45, 7) is 7.39. The van der Waals surface area contributed by atoms with E-state index in [1.165, 1.54) is 10.7 Å². The second-order valence-corrected chi connectivity index (χ2v) is 11.6. The number of nitrogens with one attached hydrogen (secondary N) is 1. The molecule has 2 fully saturated rings. The molecule has 3 rings (SSSR count). The molecule has 2 saturated heterocycles. The Balaban J connectivity index is 1.67. The third kappa shape index (κ3) is 6.15. The molecule has 10 heteroatoms. The minimum atomic E-state index is -3.67. The number of sulfonamides is 1. The molecule has 0 aromatic carbocycles. The van der Waals surface area contributed by atoms with E-state index in [1.54, 1.807) is 12.1 Å². The summed E-state index contributed by atoms with van der Waals surface area (Å²) in [7, 11) is -3.67. The highest BCUT2D eigenvalue weighted by Crippen LogP contribution is 2.28. The third-order valence-corrected chi connectivity index (χ3v) is 9.36. The number of carbonyl (C=O) groups is 1. The van der Waals surface area contributed by atoms with Gasteiger partial charge in [0, 0.05) is 58.3 Å². The summed E-state index contributed by atoms with van der Waals surface area (Å²) in [5.74, 6) is 0.0160. The second-order valence-electron chi connectivity index (χ2n) is 7.72. The number of hydrogen-bond donors (Lipinski definition) is 1. The Labute approximate surface area is 183 Å². The number of rotatable bonds is 8. The van der Waals surface area contributed by atoms with Crippen LogP contribution in [0, 0.1) is 0 Å². The molecule has 29 heavy (non-hydrogen) atoms. The number of carbonyl (C=O) groups excluding carboxylic acids is 1. The SMILES string of the molecule is CC1CCCCN1CCN(CCC(=O)N1CCNCC1)S(=O)(=O)c1ccc(Cl)s1. The van der Waals surface area contributed by atoms with Gasteiger partial charge in [-0.15, -0.1) is 11.3 Å². The first kappa shape index (κ1) is 23.0. The average Bonchev–Trinajstić information content (AvgIpc) is 3.16.